The number of morpholine rings is 1. The van der Waals surface area contributed by atoms with Crippen molar-refractivity contribution >= 4 is 34.8 Å². The minimum Gasteiger partial charge on any atom is -0.477 e. The summed E-state index contributed by atoms with van der Waals surface area (Å²) in [5.74, 6) is -0.528. The monoisotopic (exact) mass is 450 g/mol. The van der Waals surface area contributed by atoms with Crippen molar-refractivity contribution in [2.24, 2.45) is 17.8 Å². The van der Waals surface area contributed by atoms with Gasteiger partial charge in [0.05, 0.1) is 18.9 Å². The highest BCUT2D eigenvalue weighted by Crippen LogP contribution is 2.36. The zero-order chi connectivity index (χ0) is 22.5. The fourth-order valence-corrected chi connectivity index (χ4v) is 5.56. The number of rotatable bonds is 7. The third kappa shape index (κ3) is 6.07. The molecule has 2 fully saturated rings. The fourth-order valence-electron chi connectivity index (χ4n) is 4.34. The average Bonchev–Trinajstić information content (AvgIpc) is 3.15. The predicted molar refractivity (Wildman–Crippen MR) is 121 cm³/mol. The van der Waals surface area contributed by atoms with Crippen LogP contribution in [0.3, 0.4) is 0 Å². The SMILES string of the molecule is CC(C)Cc1cc(N(CC(=O)N2CCOCC2)C(=O)C2CCC(C)CC2)c(C(=O)O)s1. The van der Waals surface area contributed by atoms with Crippen molar-refractivity contribution in [1.82, 2.24) is 4.90 Å². The number of hydrogen-bond donors (Lipinski definition) is 1. The number of carboxylic acid groups (broad SMARTS) is 1. The third-order valence-corrected chi connectivity index (χ3v) is 7.28. The van der Waals surface area contributed by atoms with Gasteiger partial charge in [0.15, 0.2) is 0 Å². The molecule has 1 N–H and O–H groups in total. The average molecular weight is 451 g/mol. The van der Waals surface area contributed by atoms with Crippen LogP contribution in [0.15, 0.2) is 6.07 Å². The van der Waals surface area contributed by atoms with Crippen molar-refractivity contribution in [3.8, 4) is 0 Å². The van der Waals surface area contributed by atoms with Crippen molar-refractivity contribution in [2.75, 3.05) is 37.7 Å². The second kappa shape index (κ2) is 10.6. The Morgan fingerprint density at radius 2 is 1.84 bits per heavy atom. The molecule has 8 heteroatoms. The minimum atomic E-state index is -1.05. The van der Waals surface area contributed by atoms with Gasteiger partial charge in [0.2, 0.25) is 11.8 Å². The van der Waals surface area contributed by atoms with Gasteiger partial charge in [0, 0.05) is 23.9 Å². The number of amides is 2. The number of carbonyl (C=O) groups is 3. The van der Waals surface area contributed by atoms with Crippen LogP contribution in [0, 0.1) is 17.8 Å². The van der Waals surface area contributed by atoms with Crippen molar-refractivity contribution in [3.63, 3.8) is 0 Å². The summed E-state index contributed by atoms with van der Waals surface area (Å²) < 4.78 is 5.33. The normalized spacial score (nSPS) is 21.9. The second-order valence-electron chi connectivity index (χ2n) is 9.20. The lowest BCUT2D eigenvalue weighted by Crippen LogP contribution is -2.48. The lowest BCUT2D eigenvalue weighted by atomic mass is 9.82. The molecule has 0 aromatic carbocycles. The van der Waals surface area contributed by atoms with Crippen LogP contribution in [0.5, 0.6) is 0 Å². The van der Waals surface area contributed by atoms with Crippen LogP contribution in [0.25, 0.3) is 0 Å². The Morgan fingerprint density at radius 1 is 1.19 bits per heavy atom. The van der Waals surface area contributed by atoms with Crippen molar-refractivity contribution in [2.45, 2.75) is 52.9 Å². The fraction of sp³-hybridized carbons (Fsp3) is 0.696. The molecule has 1 aliphatic carbocycles. The van der Waals surface area contributed by atoms with Gasteiger partial charge in [-0.05, 0) is 50.0 Å². The number of nitrogens with zero attached hydrogens (tertiary/aromatic N) is 2. The molecule has 172 valence electrons. The van der Waals surface area contributed by atoms with Crippen molar-refractivity contribution in [1.29, 1.82) is 0 Å². The molecule has 31 heavy (non-hydrogen) atoms. The topological polar surface area (TPSA) is 87.2 Å². The highest BCUT2D eigenvalue weighted by molar-refractivity contribution is 7.14. The van der Waals surface area contributed by atoms with Crippen molar-refractivity contribution in [3.05, 3.63) is 15.8 Å². The summed E-state index contributed by atoms with van der Waals surface area (Å²) in [6, 6.07) is 1.81. The number of hydrogen-bond acceptors (Lipinski definition) is 5. The Morgan fingerprint density at radius 3 is 2.42 bits per heavy atom. The van der Waals surface area contributed by atoms with Gasteiger partial charge >= 0.3 is 5.97 Å². The molecule has 1 aromatic heterocycles. The smallest absolute Gasteiger partial charge is 0.348 e. The molecular weight excluding hydrogens is 416 g/mol. The molecule has 3 rings (SSSR count). The molecule has 2 heterocycles. The number of aromatic carboxylic acids is 1. The first-order chi connectivity index (χ1) is 14.8. The second-order valence-corrected chi connectivity index (χ2v) is 10.3. The summed E-state index contributed by atoms with van der Waals surface area (Å²) in [5.41, 5.74) is 0.374. The zero-order valence-corrected chi connectivity index (χ0v) is 19.6. The van der Waals surface area contributed by atoms with E-state index in [4.69, 9.17) is 4.74 Å². The molecule has 1 saturated carbocycles. The standard InChI is InChI=1S/C23H34N2O5S/c1-15(2)12-18-13-19(21(31-18)23(28)29)25(14-20(26)24-8-10-30-11-9-24)22(27)17-6-4-16(3)5-7-17/h13,15-17H,4-12,14H2,1-3H3,(H,28,29). The van der Waals surface area contributed by atoms with E-state index in [2.05, 4.69) is 20.8 Å². The van der Waals surface area contributed by atoms with Crippen LogP contribution in [0.4, 0.5) is 5.69 Å². The Balaban J connectivity index is 1.91. The molecule has 0 unspecified atom stereocenters. The number of ether oxygens (including phenoxy) is 1. The van der Waals surface area contributed by atoms with E-state index in [-0.39, 0.29) is 29.2 Å². The van der Waals surface area contributed by atoms with Gasteiger partial charge in [-0.2, -0.15) is 0 Å². The van der Waals surface area contributed by atoms with Crippen LogP contribution >= 0.6 is 11.3 Å². The number of carboxylic acids is 1. The van der Waals surface area contributed by atoms with E-state index in [9.17, 15) is 19.5 Å². The van der Waals surface area contributed by atoms with Gasteiger partial charge in [-0.25, -0.2) is 4.79 Å². The van der Waals surface area contributed by atoms with E-state index in [0.29, 0.717) is 43.8 Å². The highest BCUT2D eigenvalue weighted by Gasteiger charge is 2.34. The Bertz CT molecular complexity index is 792. The first kappa shape index (κ1) is 23.7. The molecule has 0 spiro atoms. The summed E-state index contributed by atoms with van der Waals surface area (Å²) in [7, 11) is 0. The Hall–Kier alpha value is -1.93. The lowest BCUT2D eigenvalue weighted by Gasteiger charge is -2.33. The summed E-state index contributed by atoms with van der Waals surface area (Å²) in [6.45, 7) is 8.19. The van der Waals surface area contributed by atoms with Crippen LogP contribution in [0.2, 0.25) is 0 Å². The molecule has 2 aliphatic rings. The van der Waals surface area contributed by atoms with Gasteiger partial charge < -0.3 is 19.6 Å². The third-order valence-electron chi connectivity index (χ3n) is 6.15. The molecule has 1 aliphatic heterocycles. The van der Waals surface area contributed by atoms with Gasteiger partial charge in [0.25, 0.3) is 0 Å². The molecule has 0 atom stereocenters. The van der Waals surface area contributed by atoms with Crippen LogP contribution in [-0.4, -0.2) is 60.6 Å². The van der Waals surface area contributed by atoms with Gasteiger partial charge in [-0.1, -0.05) is 20.8 Å². The Kier molecular flexibility index (Phi) is 8.11. The van der Waals surface area contributed by atoms with E-state index in [1.54, 1.807) is 4.90 Å². The van der Waals surface area contributed by atoms with Gasteiger partial charge in [-0.15, -0.1) is 11.3 Å². The largest absolute Gasteiger partial charge is 0.477 e. The maximum absolute atomic E-state index is 13.6. The maximum atomic E-state index is 13.6. The van der Waals surface area contributed by atoms with E-state index in [1.807, 2.05) is 6.07 Å². The van der Waals surface area contributed by atoms with Gasteiger partial charge in [-0.3, -0.25) is 9.59 Å². The van der Waals surface area contributed by atoms with E-state index >= 15 is 0 Å². The zero-order valence-electron chi connectivity index (χ0n) is 18.8. The van der Waals surface area contributed by atoms with E-state index < -0.39 is 5.97 Å². The minimum absolute atomic E-state index is 0.120. The molecule has 7 nitrogen and oxygen atoms in total. The van der Waals surface area contributed by atoms with Gasteiger partial charge in [0.1, 0.15) is 11.4 Å². The highest BCUT2D eigenvalue weighted by atomic mass is 32.1. The molecule has 1 saturated heterocycles. The molecule has 2 amide bonds. The molecule has 1 aromatic rings. The number of thiophene rings is 1. The summed E-state index contributed by atoms with van der Waals surface area (Å²) >= 11 is 1.21. The lowest BCUT2D eigenvalue weighted by molar-refractivity contribution is -0.135. The van der Waals surface area contributed by atoms with Crippen LogP contribution in [-0.2, 0) is 20.7 Å². The van der Waals surface area contributed by atoms with E-state index in [0.717, 1.165) is 37.0 Å². The first-order valence-electron chi connectivity index (χ1n) is 11.3. The van der Waals surface area contributed by atoms with Crippen LogP contribution in [0.1, 0.15) is 61.0 Å². The number of anilines is 1. The summed E-state index contributed by atoms with van der Waals surface area (Å²) in [6.07, 6.45) is 4.28. The summed E-state index contributed by atoms with van der Waals surface area (Å²) in [4.78, 5) is 42.8. The van der Waals surface area contributed by atoms with E-state index in [1.165, 1.54) is 16.2 Å². The van der Waals surface area contributed by atoms with Crippen molar-refractivity contribution < 1.29 is 24.2 Å². The first-order valence-corrected chi connectivity index (χ1v) is 12.1. The number of carbonyl (C=O) groups excluding carboxylic acids is 2. The molecule has 0 bridgehead atoms. The molecular formula is C23H34N2O5S. The van der Waals surface area contributed by atoms with Crippen LogP contribution < -0.4 is 4.90 Å². The quantitative estimate of drug-likeness (QED) is 0.685. The Labute approximate surface area is 188 Å². The molecule has 0 radical (unpaired) electrons. The summed E-state index contributed by atoms with van der Waals surface area (Å²) in [5, 5.41) is 9.83. The maximum Gasteiger partial charge on any atom is 0.348 e. The predicted octanol–water partition coefficient (Wildman–Crippen LogP) is 3.66.